The number of carbonyl (C=O) groups is 2. The number of hydrogen-bond acceptors (Lipinski definition) is 3. The summed E-state index contributed by atoms with van der Waals surface area (Å²) in [4.78, 5) is 30.9. The van der Waals surface area contributed by atoms with E-state index in [0.29, 0.717) is 5.75 Å². The van der Waals surface area contributed by atoms with E-state index in [2.05, 4.69) is 0 Å². The zero-order chi connectivity index (χ0) is 23.0. The van der Waals surface area contributed by atoms with Crippen LogP contribution in [-0.2, 0) is 9.59 Å². The first-order chi connectivity index (χ1) is 15.3. The van der Waals surface area contributed by atoms with Crippen LogP contribution in [0.15, 0.2) is 60.7 Å². The van der Waals surface area contributed by atoms with Crippen LogP contribution in [0.25, 0.3) is 0 Å². The molecule has 4 rings (SSSR count). The van der Waals surface area contributed by atoms with Crippen molar-refractivity contribution in [2.45, 2.75) is 33.7 Å². The molecule has 1 atom stereocenters. The van der Waals surface area contributed by atoms with Gasteiger partial charge in [-0.05, 0) is 68.1 Å². The fourth-order valence-corrected chi connectivity index (χ4v) is 4.54. The first-order valence-electron chi connectivity index (χ1n) is 10.7. The number of anilines is 2. The first-order valence-corrected chi connectivity index (χ1v) is 10.7. The highest BCUT2D eigenvalue weighted by Gasteiger charge is 2.43. The summed E-state index contributed by atoms with van der Waals surface area (Å²) in [6, 6.07) is 18.5. The summed E-state index contributed by atoms with van der Waals surface area (Å²) >= 11 is 0. The fourth-order valence-electron chi connectivity index (χ4n) is 4.54. The maximum atomic E-state index is 14.0. The van der Waals surface area contributed by atoms with Gasteiger partial charge in [0.05, 0.1) is 12.8 Å². The molecule has 0 N–H and O–H groups in total. The Kier molecular flexibility index (Phi) is 5.74. The third-order valence-corrected chi connectivity index (χ3v) is 6.07. The Bertz CT molecular complexity index is 1160. The van der Waals surface area contributed by atoms with E-state index in [1.54, 1.807) is 16.9 Å². The van der Waals surface area contributed by atoms with Crippen molar-refractivity contribution in [1.29, 1.82) is 0 Å². The van der Waals surface area contributed by atoms with Crippen molar-refractivity contribution >= 4 is 23.2 Å². The summed E-state index contributed by atoms with van der Waals surface area (Å²) < 4.78 is 5.29. The van der Waals surface area contributed by atoms with E-state index in [-0.39, 0.29) is 18.4 Å². The lowest BCUT2D eigenvalue weighted by molar-refractivity contribution is -0.128. The molecule has 164 valence electrons. The molecule has 1 aliphatic rings. The molecule has 5 heteroatoms. The molecule has 0 aliphatic carbocycles. The topological polar surface area (TPSA) is 49.9 Å². The summed E-state index contributed by atoms with van der Waals surface area (Å²) in [5.74, 6) is 0.472. The quantitative estimate of drug-likeness (QED) is 0.584. The molecular formula is C27H28N2O3. The molecule has 3 aromatic rings. The van der Waals surface area contributed by atoms with Gasteiger partial charge in [-0.1, -0.05) is 48.0 Å². The summed E-state index contributed by atoms with van der Waals surface area (Å²) in [5.41, 5.74) is 6.34. The van der Waals surface area contributed by atoms with E-state index in [0.717, 1.165) is 39.2 Å². The Labute approximate surface area is 189 Å². The minimum atomic E-state index is -0.762. The SMILES string of the molecule is COc1ccc([C@H]2C(=O)N(c3c(C)cccc3C)CC(=O)N2c2ccc(C)cc2C)cc1. The van der Waals surface area contributed by atoms with Gasteiger partial charge in [-0.3, -0.25) is 14.5 Å². The molecule has 5 nitrogen and oxygen atoms in total. The van der Waals surface area contributed by atoms with Crippen molar-refractivity contribution in [1.82, 2.24) is 0 Å². The van der Waals surface area contributed by atoms with Crippen LogP contribution >= 0.6 is 0 Å². The Morgan fingerprint density at radius 3 is 2.09 bits per heavy atom. The molecule has 0 aromatic heterocycles. The van der Waals surface area contributed by atoms with Crippen molar-refractivity contribution in [2.24, 2.45) is 0 Å². The van der Waals surface area contributed by atoms with Crippen LogP contribution in [0, 0.1) is 27.7 Å². The average molecular weight is 429 g/mol. The van der Waals surface area contributed by atoms with E-state index < -0.39 is 6.04 Å². The normalized spacial score (nSPS) is 16.5. The number of piperazine rings is 1. The molecule has 1 saturated heterocycles. The second-order valence-electron chi connectivity index (χ2n) is 8.39. The van der Waals surface area contributed by atoms with E-state index in [1.165, 1.54) is 0 Å². The highest BCUT2D eigenvalue weighted by Crippen LogP contribution is 2.38. The van der Waals surface area contributed by atoms with Crippen LogP contribution in [0.2, 0.25) is 0 Å². The molecule has 0 bridgehead atoms. The molecule has 0 unspecified atom stereocenters. The molecular weight excluding hydrogens is 400 g/mol. The van der Waals surface area contributed by atoms with Crippen LogP contribution in [0.5, 0.6) is 5.75 Å². The van der Waals surface area contributed by atoms with E-state index in [9.17, 15) is 9.59 Å². The van der Waals surface area contributed by atoms with E-state index in [4.69, 9.17) is 4.74 Å². The lowest BCUT2D eigenvalue weighted by Crippen LogP contribution is -2.56. The minimum absolute atomic E-state index is 0.00446. The van der Waals surface area contributed by atoms with Gasteiger partial charge < -0.3 is 9.64 Å². The third-order valence-electron chi connectivity index (χ3n) is 6.07. The number of hydrogen-bond donors (Lipinski definition) is 0. The minimum Gasteiger partial charge on any atom is -0.497 e. The Hall–Kier alpha value is -3.60. The monoisotopic (exact) mass is 428 g/mol. The smallest absolute Gasteiger partial charge is 0.255 e. The molecule has 1 heterocycles. The van der Waals surface area contributed by atoms with Gasteiger partial charge in [0.1, 0.15) is 18.3 Å². The molecule has 0 spiro atoms. The molecule has 1 fully saturated rings. The molecule has 1 aliphatic heterocycles. The van der Waals surface area contributed by atoms with Gasteiger partial charge in [-0.2, -0.15) is 0 Å². The maximum Gasteiger partial charge on any atom is 0.255 e. The van der Waals surface area contributed by atoms with Crippen molar-refractivity contribution < 1.29 is 14.3 Å². The van der Waals surface area contributed by atoms with Crippen molar-refractivity contribution in [3.8, 4) is 5.75 Å². The number of aryl methyl sites for hydroxylation is 4. The number of para-hydroxylation sites is 1. The van der Waals surface area contributed by atoms with Gasteiger partial charge in [0, 0.05) is 5.69 Å². The van der Waals surface area contributed by atoms with Crippen LogP contribution in [-0.4, -0.2) is 25.5 Å². The highest BCUT2D eigenvalue weighted by molar-refractivity contribution is 6.15. The van der Waals surface area contributed by atoms with Gasteiger partial charge in [0.15, 0.2) is 0 Å². The van der Waals surface area contributed by atoms with Gasteiger partial charge in [-0.25, -0.2) is 0 Å². The van der Waals surface area contributed by atoms with Crippen LogP contribution in [0.1, 0.15) is 33.9 Å². The number of carbonyl (C=O) groups excluding carboxylic acids is 2. The number of rotatable bonds is 4. The van der Waals surface area contributed by atoms with Crippen molar-refractivity contribution in [2.75, 3.05) is 23.5 Å². The molecule has 0 saturated carbocycles. The van der Waals surface area contributed by atoms with E-state index >= 15 is 0 Å². The Morgan fingerprint density at radius 1 is 0.844 bits per heavy atom. The van der Waals surface area contributed by atoms with Gasteiger partial charge >= 0.3 is 0 Å². The second-order valence-corrected chi connectivity index (χ2v) is 8.39. The zero-order valence-corrected chi connectivity index (χ0v) is 19.2. The summed E-state index contributed by atoms with van der Waals surface area (Å²) in [6.07, 6.45) is 0. The van der Waals surface area contributed by atoms with Crippen LogP contribution < -0.4 is 14.5 Å². The predicted octanol–water partition coefficient (Wildman–Crippen LogP) is 5.05. The number of ether oxygens (including phenoxy) is 1. The molecule has 2 amide bonds. The fraction of sp³-hybridized carbons (Fsp3) is 0.259. The summed E-state index contributed by atoms with van der Waals surface area (Å²) in [6.45, 7) is 7.94. The van der Waals surface area contributed by atoms with E-state index in [1.807, 2.05) is 88.4 Å². The largest absolute Gasteiger partial charge is 0.497 e. The van der Waals surface area contributed by atoms with Gasteiger partial charge in [0.2, 0.25) is 5.91 Å². The Morgan fingerprint density at radius 2 is 1.50 bits per heavy atom. The number of amides is 2. The zero-order valence-electron chi connectivity index (χ0n) is 19.2. The van der Waals surface area contributed by atoms with Crippen molar-refractivity contribution in [3.05, 3.63) is 88.5 Å². The summed E-state index contributed by atoms with van der Waals surface area (Å²) in [7, 11) is 1.61. The maximum absolute atomic E-state index is 14.0. The molecule has 3 aromatic carbocycles. The van der Waals surface area contributed by atoms with Crippen LogP contribution in [0.3, 0.4) is 0 Å². The number of methoxy groups -OCH3 is 1. The summed E-state index contributed by atoms with van der Waals surface area (Å²) in [5, 5.41) is 0. The Balaban J connectivity index is 1.87. The lowest BCUT2D eigenvalue weighted by atomic mass is 9.96. The van der Waals surface area contributed by atoms with Gasteiger partial charge in [-0.15, -0.1) is 0 Å². The van der Waals surface area contributed by atoms with Gasteiger partial charge in [0.25, 0.3) is 5.91 Å². The highest BCUT2D eigenvalue weighted by atomic mass is 16.5. The lowest BCUT2D eigenvalue weighted by Gasteiger charge is -2.42. The predicted molar refractivity (Wildman–Crippen MR) is 127 cm³/mol. The third kappa shape index (κ3) is 3.75. The average Bonchev–Trinajstić information content (AvgIpc) is 2.76. The first kappa shape index (κ1) is 21.6. The standard InChI is InChI=1S/C27H28N2O3/c1-17-9-14-23(20(4)15-17)29-24(30)16-28(25-18(2)7-6-8-19(25)3)27(31)26(29)21-10-12-22(32-5)13-11-21/h6-15,26H,16H2,1-5H3/t26-/m0/s1. The van der Waals surface area contributed by atoms with Crippen LogP contribution in [0.4, 0.5) is 11.4 Å². The molecule has 0 radical (unpaired) electrons. The second kappa shape index (κ2) is 8.50. The molecule has 32 heavy (non-hydrogen) atoms. The number of benzene rings is 3. The number of nitrogens with zero attached hydrogens (tertiary/aromatic N) is 2. The van der Waals surface area contributed by atoms with Crippen molar-refractivity contribution in [3.63, 3.8) is 0 Å².